The highest BCUT2D eigenvalue weighted by Gasteiger charge is 2.14. The summed E-state index contributed by atoms with van der Waals surface area (Å²) in [5.74, 6) is -0.196. The lowest BCUT2D eigenvalue weighted by Crippen LogP contribution is -2.35. The fraction of sp³-hybridized carbons (Fsp3) is 0.385. The number of nitrogens with one attached hydrogen (secondary N) is 2. The lowest BCUT2D eigenvalue weighted by atomic mass is 10.1. The Hall–Kier alpha value is -1.92. The molecule has 0 spiro atoms. The number of methoxy groups -OCH3 is 1. The van der Waals surface area contributed by atoms with Crippen LogP contribution >= 0.6 is 0 Å². The van der Waals surface area contributed by atoms with Crippen molar-refractivity contribution < 1.29 is 9.53 Å². The molecule has 0 aliphatic carbocycles. The van der Waals surface area contributed by atoms with E-state index in [1.54, 1.807) is 13.3 Å². The number of amides is 1. The Morgan fingerprint density at radius 1 is 1.58 bits per heavy atom. The van der Waals surface area contributed by atoms with Crippen LogP contribution in [0.4, 0.5) is 5.69 Å². The number of fused-ring (bicyclic) bond motifs is 1. The zero-order valence-electron chi connectivity index (χ0n) is 10.8. The molecule has 1 unspecified atom stereocenters. The second kappa shape index (κ2) is 6.31. The third-order valence-corrected chi connectivity index (χ3v) is 2.93. The van der Waals surface area contributed by atoms with Gasteiger partial charge < -0.3 is 15.8 Å². The molecule has 0 fully saturated rings. The van der Waals surface area contributed by atoms with Crippen LogP contribution in [-0.2, 0) is 9.53 Å². The van der Waals surface area contributed by atoms with Crippen molar-refractivity contribution in [1.82, 2.24) is 10.2 Å². The second-order valence-electron chi connectivity index (χ2n) is 4.37. The van der Waals surface area contributed by atoms with Gasteiger partial charge in [-0.25, -0.2) is 0 Å². The van der Waals surface area contributed by atoms with E-state index in [1.807, 2.05) is 18.2 Å². The van der Waals surface area contributed by atoms with Crippen LogP contribution in [0.2, 0.25) is 0 Å². The average molecular weight is 262 g/mol. The zero-order valence-corrected chi connectivity index (χ0v) is 10.8. The maximum atomic E-state index is 12.0. The lowest BCUT2D eigenvalue weighted by molar-refractivity contribution is -0.117. The van der Waals surface area contributed by atoms with E-state index in [2.05, 4.69) is 15.5 Å². The van der Waals surface area contributed by atoms with Crippen LogP contribution in [0.1, 0.15) is 12.8 Å². The standard InChI is InChI=1S/C13H18N4O2/c1-19-7-3-5-10(14)13(18)16-11-6-2-4-9-8-15-17-12(9)11/h2,4,6,8,10H,3,5,7,14H2,1H3,(H,15,17)(H,16,18). The van der Waals surface area contributed by atoms with Crippen LogP contribution < -0.4 is 11.1 Å². The van der Waals surface area contributed by atoms with Gasteiger partial charge in [0.15, 0.2) is 0 Å². The Balaban J connectivity index is 2.00. The monoisotopic (exact) mass is 262 g/mol. The number of benzene rings is 1. The molecule has 6 heteroatoms. The Labute approximate surface area is 111 Å². The molecular formula is C13H18N4O2. The molecule has 2 aromatic rings. The molecule has 1 heterocycles. The van der Waals surface area contributed by atoms with Crippen LogP contribution in [-0.4, -0.2) is 35.9 Å². The molecule has 0 aliphatic rings. The Bertz CT molecular complexity index is 552. The molecule has 0 saturated carbocycles. The minimum Gasteiger partial charge on any atom is -0.385 e. The maximum absolute atomic E-state index is 12.0. The molecule has 1 atom stereocenters. The minimum atomic E-state index is -0.534. The van der Waals surface area contributed by atoms with Crippen molar-refractivity contribution >= 4 is 22.5 Å². The maximum Gasteiger partial charge on any atom is 0.241 e. The summed E-state index contributed by atoms with van der Waals surface area (Å²) in [6.45, 7) is 0.608. The second-order valence-corrected chi connectivity index (χ2v) is 4.37. The summed E-state index contributed by atoms with van der Waals surface area (Å²) in [5.41, 5.74) is 7.33. The number of ether oxygens (including phenoxy) is 1. The number of nitrogens with zero attached hydrogens (tertiary/aromatic N) is 1. The molecule has 1 amide bonds. The molecular weight excluding hydrogens is 244 g/mol. The van der Waals surface area contributed by atoms with Crippen molar-refractivity contribution in [3.63, 3.8) is 0 Å². The van der Waals surface area contributed by atoms with Crippen LogP contribution in [0.5, 0.6) is 0 Å². The first-order valence-electron chi connectivity index (χ1n) is 6.20. The Kier molecular flexibility index (Phi) is 4.48. The zero-order chi connectivity index (χ0) is 13.7. The average Bonchev–Trinajstić information content (AvgIpc) is 2.88. The van der Waals surface area contributed by atoms with Gasteiger partial charge in [0.1, 0.15) is 0 Å². The lowest BCUT2D eigenvalue weighted by Gasteiger charge is -2.12. The van der Waals surface area contributed by atoms with Gasteiger partial charge in [-0.1, -0.05) is 12.1 Å². The van der Waals surface area contributed by atoms with Gasteiger partial charge >= 0.3 is 0 Å². The van der Waals surface area contributed by atoms with Gasteiger partial charge in [0, 0.05) is 19.1 Å². The highest BCUT2D eigenvalue weighted by atomic mass is 16.5. The van der Waals surface area contributed by atoms with Crippen molar-refractivity contribution in [3.05, 3.63) is 24.4 Å². The number of carbonyl (C=O) groups is 1. The summed E-state index contributed by atoms with van der Waals surface area (Å²) in [5, 5.41) is 10.6. The normalized spacial score (nSPS) is 12.5. The number of hydrogen-bond donors (Lipinski definition) is 3. The third kappa shape index (κ3) is 3.30. The van der Waals surface area contributed by atoms with Crippen molar-refractivity contribution in [3.8, 4) is 0 Å². The minimum absolute atomic E-state index is 0.196. The van der Waals surface area contributed by atoms with Gasteiger partial charge in [0.05, 0.1) is 23.4 Å². The highest BCUT2D eigenvalue weighted by Crippen LogP contribution is 2.20. The largest absolute Gasteiger partial charge is 0.385 e. The Morgan fingerprint density at radius 2 is 2.42 bits per heavy atom. The molecule has 102 valence electrons. The molecule has 6 nitrogen and oxygen atoms in total. The molecule has 2 rings (SSSR count). The van der Waals surface area contributed by atoms with E-state index in [9.17, 15) is 4.79 Å². The summed E-state index contributed by atoms with van der Waals surface area (Å²) in [6.07, 6.45) is 3.07. The SMILES string of the molecule is COCCCC(N)C(=O)Nc1cccc2cn[nH]c12. The van der Waals surface area contributed by atoms with Crippen LogP contribution in [0.15, 0.2) is 24.4 Å². The van der Waals surface area contributed by atoms with E-state index in [4.69, 9.17) is 10.5 Å². The highest BCUT2D eigenvalue weighted by molar-refractivity contribution is 6.02. The predicted octanol–water partition coefficient (Wildman–Crippen LogP) is 1.26. The van der Waals surface area contributed by atoms with Crippen molar-refractivity contribution in [2.45, 2.75) is 18.9 Å². The van der Waals surface area contributed by atoms with Crippen LogP contribution in [0.3, 0.4) is 0 Å². The first-order chi connectivity index (χ1) is 9.22. The fourth-order valence-electron chi connectivity index (χ4n) is 1.88. The molecule has 19 heavy (non-hydrogen) atoms. The number of nitrogens with two attached hydrogens (primary N) is 1. The van der Waals surface area contributed by atoms with Crippen molar-refractivity contribution in [2.24, 2.45) is 5.73 Å². The van der Waals surface area contributed by atoms with Gasteiger partial charge in [-0.2, -0.15) is 5.10 Å². The fourth-order valence-corrected chi connectivity index (χ4v) is 1.88. The molecule has 0 bridgehead atoms. The summed E-state index contributed by atoms with van der Waals surface area (Å²) < 4.78 is 4.94. The van der Waals surface area contributed by atoms with Crippen LogP contribution in [0.25, 0.3) is 10.9 Å². The summed E-state index contributed by atoms with van der Waals surface area (Å²) in [4.78, 5) is 12.0. The molecule has 0 saturated heterocycles. The van der Waals surface area contributed by atoms with Gasteiger partial charge in [0.25, 0.3) is 0 Å². The quantitative estimate of drug-likeness (QED) is 0.683. The summed E-state index contributed by atoms with van der Waals surface area (Å²) in [6, 6.07) is 5.07. The molecule has 0 radical (unpaired) electrons. The molecule has 4 N–H and O–H groups in total. The topological polar surface area (TPSA) is 93.0 Å². The van der Waals surface area contributed by atoms with Gasteiger partial charge in [-0.15, -0.1) is 0 Å². The van der Waals surface area contributed by atoms with Gasteiger partial charge in [0.2, 0.25) is 5.91 Å². The number of aromatic amines is 1. The number of carbonyl (C=O) groups excluding carboxylic acids is 1. The summed E-state index contributed by atoms with van der Waals surface area (Å²) in [7, 11) is 1.63. The Morgan fingerprint density at radius 3 is 3.21 bits per heavy atom. The predicted molar refractivity (Wildman–Crippen MR) is 73.8 cm³/mol. The van der Waals surface area contributed by atoms with Crippen molar-refractivity contribution in [1.29, 1.82) is 0 Å². The molecule has 0 aliphatic heterocycles. The van der Waals surface area contributed by atoms with Gasteiger partial charge in [-0.3, -0.25) is 9.89 Å². The van der Waals surface area contributed by atoms with E-state index < -0.39 is 6.04 Å². The van der Waals surface area contributed by atoms with E-state index in [-0.39, 0.29) is 5.91 Å². The first kappa shape index (κ1) is 13.5. The van der Waals surface area contributed by atoms with E-state index in [0.717, 1.165) is 17.3 Å². The number of hydrogen-bond acceptors (Lipinski definition) is 4. The number of para-hydroxylation sites is 1. The van der Waals surface area contributed by atoms with Crippen molar-refractivity contribution in [2.75, 3.05) is 19.0 Å². The molecule has 1 aromatic heterocycles. The first-order valence-corrected chi connectivity index (χ1v) is 6.20. The smallest absolute Gasteiger partial charge is 0.241 e. The number of anilines is 1. The third-order valence-electron chi connectivity index (χ3n) is 2.93. The van der Waals surface area contributed by atoms with E-state index >= 15 is 0 Å². The number of rotatable bonds is 6. The van der Waals surface area contributed by atoms with Gasteiger partial charge in [-0.05, 0) is 18.9 Å². The van der Waals surface area contributed by atoms with Crippen LogP contribution in [0, 0.1) is 0 Å². The number of H-pyrrole nitrogens is 1. The molecule has 1 aromatic carbocycles. The summed E-state index contributed by atoms with van der Waals surface area (Å²) >= 11 is 0. The van der Waals surface area contributed by atoms with E-state index in [1.165, 1.54) is 0 Å². The van der Waals surface area contributed by atoms with E-state index in [0.29, 0.717) is 18.7 Å². The number of aromatic nitrogens is 2.